The molecule has 0 bridgehead atoms. The molecule has 1 aromatic rings. The summed E-state index contributed by atoms with van der Waals surface area (Å²) in [6.45, 7) is 2.60. The Hall–Kier alpha value is -1.48. The van der Waals surface area contributed by atoms with Crippen molar-refractivity contribution in [2.24, 2.45) is 11.7 Å². The SMILES string of the molecule is COCCNS(=O)(=O)c1ccc(C)c(C(=O)NC(CN)C2CC2)c1. The molecule has 0 radical (unpaired) electrons. The molecule has 1 aliphatic carbocycles. The Balaban J connectivity index is 2.16. The molecule has 0 aromatic heterocycles. The van der Waals surface area contributed by atoms with Crippen LogP contribution in [0.15, 0.2) is 23.1 Å². The highest BCUT2D eigenvalue weighted by atomic mass is 32.2. The molecular weight excluding hydrogens is 330 g/mol. The Morgan fingerprint density at radius 3 is 2.71 bits per heavy atom. The van der Waals surface area contributed by atoms with E-state index >= 15 is 0 Å². The van der Waals surface area contributed by atoms with Gasteiger partial charge in [-0.2, -0.15) is 0 Å². The lowest BCUT2D eigenvalue weighted by Gasteiger charge is -2.17. The fourth-order valence-corrected chi connectivity index (χ4v) is 3.53. The van der Waals surface area contributed by atoms with Gasteiger partial charge in [-0.3, -0.25) is 4.79 Å². The molecule has 0 saturated heterocycles. The van der Waals surface area contributed by atoms with Gasteiger partial charge >= 0.3 is 0 Å². The van der Waals surface area contributed by atoms with E-state index in [1.165, 1.54) is 19.2 Å². The Morgan fingerprint density at radius 2 is 2.12 bits per heavy atom. The largest absolute Gasteiger partial charge is 0.383 e. The molecule has 1 aliphatic rings. The first-order valence-corrected chi connectivity index (χ1v) is 9.47. The molecule has 0 heterocycles. The van der Waals surface area contributed by atoms with E-state index < -0.39 is 10.0 Å². The summed E-state index contributed by atoms with van der Waals surface area (Å²) in [6, 6.07) is 4.47. The van der Waals surface area contributed by atoms with Gasteiger partial charge in [0.05, 0.1) is 11.5 Å². The predicted octanol–water partition coefficient (Wildman–Crippen LogP) is 0.387. The number of hydrogen-bond acceptors (Lipinski definition) is 5. The summed E-state index contributed by atoms with van der Waals surface area (Å²) >= 11 is 0. The third-order valence-electron chi connectivity index (χ3n) is 4.12. The number of nitrogens with two attached hydrogens (primary N) is 1. The molecule has 1 amide bonds. The normalized spacial score (nSPS) is 16.0. The topological polar surface area (TPSA) is 111 Å². The number of methoxy groups -OCH3 is 1. The van der Waals surface area contributed by atoms with Crippen molar-refractivity contribution in [1.29, 1.82) is 0 Å². The molecule has 7 nitrogen and oxygen atoms in total. The number of benzene rings is 1. The van der Waals surface area contributed by atoms with Crippen LogP contribution in [0.25, 0.3) is 0 Å². The second-order valence-corrected chi connectivity index (χ2v) is 7.79. The van der Waals surface area contributed by atoms with Gasteiger partial charge in [-0.05, 0) is 43.4 Å². The minimum Gasteiger partial charge on any atom is -0.383 e. The lowest BCUT2D eigenvalue weighted by molar-refractivity contribution is 0.0932. The Kier molecular flexibility index (Phi) is 6.34. The third kappa shape index (κ3) is 4.76. The van der Waals surface area contributed by atoms with E-state index in [1.807, 2.05) is 0 Å². The molecule has 1 atom stereocenters. The van der Waals surface area contributed by atoms with Crippen molar-refractivity contribution in [3.05, 3.63) is 29.3 Å². The van der Waals surface area contributed by atoms with Crippen molar-refractivity contribution in [3.8, 4) is 0 Å². The number of hydrogen-bond donors (Lipinski definition) is 3. The Morgan fingerprint density at radius 1 is 1.42 bits per heavy atom. The molecule has 24 heavy (non-hydrogen) atoms. The van der Waals surface area contributed by atoms with Crippen LogP contribution < -0.4 is 15.8 Å². The van der Waals surface area contributed by atoms with Crippen LogP contribution in [-0.2, 0) is 14.8 Å². The van der Waals surface area contributed by atoms with E-state index in [0.717, 1.165) is 18.4 Å². The number of aryl methyl sites for hydroxylation is 1. The van der Waals surface area contributed by atoms with Crippen LogP contribution >= 0.6 is 0 Å². The van der Waals surface area contributed by atoms with Crippen LogP contribution in [0.1, 0.15) is 28.8 Å². The average Bonchev–Trinajstić information content (AvgIpc) is 3.37. The van der Waals surface area contributed by atoms with Gasteiger partial charge in [0.2, 0.25) is 10.0 Å². The lowest BCUT2D eigenvalue weighted by Crippen LogP contribution is -2.42. The van der Waals surface area contributed by atoms with Gasteiger partial charge in [0.1, 0.15) is 0 Å². The third-order valence-corrected chi connectivity index (χ3v) is 5.58. The van der Waals surface area contributed by atoms with Gasteiger partial charge < -0.3 is 15.8 Å². The lowest BCUT2D eigenvalue weighted by atomic mass is 10.1. The summed E-state index contributed by atoms with van der Waals surface area (Å²) in [5.74, 6) is 0.144. The Bertz CT molecular complexity index is 687. The standard InChI is InChI=1S/C16H25N3O4S/c1-11-3-6-13(24(21,22)18-7-8-23-2)9-14(11)16(20)19-15(10-17)12-4-5-12/h3,6,9,12,15,18H,4-5,7-8,10,17H2,1-2H3,(H,19,20). The molecule has 134 valence electrons. The van der Waals surface area contributed by atoms with Crippen LogP contribution in [0, 0.1) is 12.8 Å². The zero-order valence-corrected chi connectivity index (χ0v) is 14.9. The summed E-state index contributed by atoms with van der Waals surface area (Å²) in [5.41, 5.74) is 6.78. The average molecular weight is 355 g/mol. The van der Waals surface area contributed by atoms with Crippen molar-refractivity contribution < 1.29 is 17.9 Å². The van der Waals surface area contributed by atoms with Crippen molar-refractivity contribution >= 4 is 15.9 Å². The van der Waals surface area contributed by atoms with Gasteiger partial charge in [-0.1, -0.05) is 6.07 Å². The highest BCUT2D eigenvalue weighted by Crippen LogP contribution is 2.32. The highest BCUT2D eigenvalue weighted by Gasteiger charge is 2.31. The highest BCUT2D eigenvalue weighted by molar-refractivity contribution is 7.89. The van der Waals surface area contributed by atoms with E-state index in [-0.39, 0.29) is 30.0 Å². The summed E-state index contributed by atoms with van der Waals surface area (Å²) < 4.78 is 31.8. The summed E-state index contributed by atoms with van der Waals surface area (Å²) in [4.78, 5) is 12.6. The minimum atomic E-state index is -3.68. The van der Waals surface area contributed by atoms with Crippen molar-refractivity contribution in [3.63, 3.8) is 0 Å². The van der Waals surface area contributed by atoms with Crippen LogP contribution in [0.3, 0.4) is 0 Å². The minimum absolute atomic E-state index is 0.0583. The van der Waals surface area contributed by atoms with E-state index in [1.54, 1.807) is 13.0 Å². The molecule has 0 spiro atoms. The first-order chi connectivity index (χ1) is 11.4. The van der Waals surface area contributed by atoms with E-state index in [0.29, 0.717) is 18.0 Å². The molecule has 1 unspecified atom stereocenters. The molecule has 1 aromatic carbocycles. The molecule has 8 heteroatoms. The van der Waals surface area contributed by atoms with Crippen LogP contribution in [0.5, 0.6) is 0 Å². The molecule has 0 aliphatic heterocycles. The second-order valence-electron chi connectivity index (χ2n) is 6.02. The fraction of sp³-hybridized carbons (Fsp3) is 0.562. The van der Waals surface area contributed by atoms with Gasteiger partial charge in [0.15, 0.2) is 0 Å². The molecule has 2 rings (SSSR count). The zero-order chi connectivity index (χ0) is 17.7. The quantitative estimate of drug-likeness (QED) is 0.555. The number of ether oxygens (including phenoxy) is 1. The van der Waals surface area contributed by atoms with Crippen molar-refractivity contribution in [1.82, 2.24) is 10.0 Å². The molecular formula is C16H25N3O4S. The van der Waals surface area contributed by atoms with Crippen LogP contribution in [0.4, 0.5) is 0 Å². The maximum atomic E-state index is 12.5. The smallest absolute Gasteiger partial charge is 0.251 e. The fourth-order valence-electron chi connectivity index (χ4n) is 2.49. The summed E-state index contributed by atoms with van der Waals surface area (Å²) in [5, 5.41) is 2.92. The number of nitrogens with one attached hydrogen (secondary N) is 2. The Labute approximate surface area is 143 Å². The van der Waals surface area contributed by atoms with Crippen molar-refractivity contribution in [2.75, 3.05) is 26.8 Å². The first kappa shape index (κ1) is 18.9. The van der Waals surface area contributed by atoms with Gasteiger partial charge in [-0.15, -0.1) is 0 Å². The molecule has 1 fully saturated rings. The number of amides is 1. The number of carbonyl (C=O) groups excluding carboxylic acids is 1. The maximum absolute atomic E-state index is 12.5. The second kappa shape index (κ2) is 8.06. The summed E-state index contributed by atoms with van der Waals surface area (Å²) in [6.07, 6.45) is 2.14. The monoisotopic (exact) mass is 355 g/mol. The van der Waals surface area contributed by atoms with E-state index in [9.17, 15) is 13.2 Å². The van der Waals surface area contributed by atoms with E-state index in [4.69, 9.17) is 10.5 Å². The van der Waals surface area contributed by atoms with Gasteiger partial charge in [0.25, 0.3) is 5.91 Å². The first-order valence-electron chi connectivity index (χ1n) is 7.99. The van der Waals surface area contributed by atoms with Crippen LogP contribution in [0.2, 0.25) is 0 Å². The predicted molar refractivity (Wildman–Crippen MR) is 91.3 cm³/mol. The number of sulfonamides is 1. The molecule has 1 saturated carbocycles. The van der Waals surface area contributed by atoms with Crippen LogP contribution in [-0.4, -0.2) is 47.2 Å². The zero-order valence-electron chi connectivity index (χ0n) is 14.0. The maximum Gasteiger partial charge on any atom is 0.251 e. The van der Waals surface area contributed by atoms with Crippen molar-refractivity contribution in [2.45, 2.75) is 30.7 Å². The van der Waals surface area contributed by atoms with E-state index in [2.05, 4.69) is 10.0 Å². The summed E-state index contributed by atoms with van der Waals surface area (Å²) in [7, 11) is -2.18. The number of rotatable bonds is 9. The van der Waals surface area contributed by atoms with Gasteiger partial charge in [-0.25, -0.2) is 13.1 Å². The van der Waals surface area contributed by atoms with Gasteiger partial charge in [0, 0.05) is 31.8 Å². The number of carbonyl (C=O) groups is 1. The molecule has 4 N–H and O–H groups in total.